The molecule has 0 aromatic carbocycles. The van der Waals surface area contributed by atoms with Crippen LogP contribution in [-0.4, -0.2) is 5.78 Å². The highest BCUT2D eigenvalue weighted by Crippen LogP contribution is 2.26. The Balaban J connectivity index is 4.02. The number of ketones is 1. The van der Waals surface area contributed by atoms with Gasteiger partial charge in [0.25, 0.3) is 0 Å². The smallest absolute Gasteiger partial charge is 0.155 e. The monoisotopic (exact) mass is 196 g/mol. The van der Waals surface area contributed by atoms with Gasteiger partial charge in [-0.3, -0.25) is 4.79 Å². The molecular weight excluding hydrogens is 172 g/mol. The van der Waals surface area contributed by atoms with Crippen molar-refractivity contribution in [3.63, 3.8) is 0 Å². The Morgan fingerprint density at radius 3 is 2.14 bits per heavy atom. The van der Waals surface area contributed by atoms with Gasteiger partial charge in [0.1, 0.15) is 0 Å². The third kappa shape index (κ3) is 8.03. The summed E-state index contributed by atoms with van der Waals surface area (Å²) >= 11 is 0. The molecule has 0 aliphatic carbocycles. The van der Waals surface area contributed by atoms with Gasteiger partial charge in [0.05, 0.1) is 0 Å². The molecule has 82 valence electrons. The number of hydrogen-bond acceptors (Lipinski definition) is 1. The van der Waals surface area contributed by atoms with E-state index >= 15 is 0 Å². The Kier molecular flexibility index (Phi) is 5.11. The number of carbonyl (C=O) groups excluding carboxylic acids is 1. The van der Waals surface area contributed by atoms with Crippen molar-refractivity contribution in [2.75, 3.05) is 0 Å². The molecule has 0 heterocycles. The fourth-order valence-corrected chi connectivity index (χ4v) is 1.84. The maximum atomic E-state index is 11.5. The van der Waals surface area contributed by atoms with Crippen molar-refractivity contribution in [2.45, 2.75) is 54.4 Å². The minimum absolute atomic E-state index is 0.266. The van der Waals surface area contributed by atoms with E-state index in [1.165, 1.54) is 0 Å². The molecule has 0 aromatic rings. The molecular formula is C13H24O. The molecule has 0 saturated heterocycles. The molecule has 0 fully saturated rings. The second-order valence-electron chi connectivity index (χ2n) is 5.76. The van der Waals surface area contributed by atoms with Crippen LogP contribution in [0.5, 0.6) is 0 Å². The van der Waals surface area contributed by atoms with E-state index in [-0.39, 0.29) is 5.78 Å². The summed E-state index contributed by atoms with van der Waals surface area (Å²) in [5.41, 5.74) is 1.42. The van der Waals surface area contributed by atoms with Gasteiger partial charge in [-0.1, -0.05) is 33.3 Å². The first-order valence-electron chi connectivity index (χ1n) is 5.38. The van der Waals surface area contributed by atoms with Crippen LogP contribution in [0, 0.1) is 11.3 Å². The van der Waals surface area contributed by atoms with Crippen LogP contribution in [0.25, 0.3) is 0 Å². The van der Waals surface area contributed by atoms with Crippen LogP contribution in [0.4, 0.5) is 0 Å². The number of hydrogen-bond donors (Lipinski definition) is 0. The topological polar surface area (TPSA) is 17.1 Å². The van der Waals surface area contributed by atoms with Crippen LogP contribution < -0.4 is 0 Å². The quantitative estimate of drug-likeness (QED) is 0.621. The van der Waals surface area contributed by atoms with Crippen molar-refractivity contribution in [2.24, 2.45) is 11.3 Å². The highest BCUT2D eigenvalue weighted by atomic mass is 16.1. The number of allylic oxidation sites excluding steroid dienone is 2. The zero-order valence-electron chi connectivity index (χ0n) is 10.5. The molecule has 0 aliphatic heterocycles. The maximum Gasteiger partial charge on any atom is 0.155 e. The molecule has 1 nitrogen and oxygen atoms in total. The van der Waals surface area contributed by atoms with Gasteiger partial charge in [0.15, 0.2) is 5.78 Å². The van der Waals surface area contributed by atoms with Crippen molar-refractivity contribution in [1.29, 1.82) is 0 Å². The average Bonchev–Trinajstić information content (AvgIpc) is 1.77. The van der Waals surface area contributed by atoms with Crippen molar-refractivity contribution in [3.05, 3.63) is 11.6 Å². The lowest BCUT2D eigenvalue weighted by atomic mass is 9.83. The highest BCUT2D eigenvalue weighted by Gasteiger charge is 2.16. The highest BCUT2D eigenvalue weighted by molar-refractivity contribution is 5.90. The molecule has 0 radical (unpaired) electrons. The van der Waals surface area contributed by atoms with E-state index in [1.54, 1.807) is 6.08 Å². The molecule has 0 spiro atoms. The van der Waals surface area contributed by atoms with Gasteiger partial charge in [0, 0.05) is 6.42 Å². The fraction of sp³-hybridized carbons (Fsp3) is 0.769. The number of rotatable bonds is 4. The van der Waals surface area contributed by atoms with Crippen molar-refractivity contribution < 1.29 is 4.79 Å². The average molecular weight is 196 g/mol. The van der Waals surface area contributed by atoms with Crippen LogP contribution in [0.3, 0.4) is 0 Å². The molecule has 0 aliphatic rings. The lowest BCUT2D eigenvalue weighted by molar-refractivity contribution is -0.115. The first-order valence-corrected chi connectivity index (χ1v) is 5.38. The lowest BCUT2D eigenvalue weighted by Gasteiger charge is -2.22. The zero-order valence-corrected chi connectivity index (χ0v) is 10.5. The van der Waals surface area contributed by atoms with Gasteiger partial charge in [-0.15, -0.1) is 0 Å². The van der Waals surface area contributed by atoms with E-state index in [1.807, 2.05) is 13.8 Å². The summed E-state index contributed by atoms with van der Waals surface area (Å²) in [5.74, 6) is 0.750. The van der Waals surface area contributed by atoms with Crippen LogP contribution >= 0.6 is 0 Å². The van der Waals surface area contributed by atoms with Crippen molar-refractivity contribution in [3.8, 4) is 0 Å². The van der Waals surface area contributed by atoms with Gasteiger partial charge >= 0.3 is 0 Å². The molecule has 14 heavy (non-hydrogen) atoms. The van der Waals surface area contributed by atoms with E-state index in [4.69, 9.17) is 0 Å². The molecule has 0 saturated carbocycles. The summed E-state index contributed by atoms with van der Waals surface area (Å²) < 4.78 is 0. The molecule has 0 bridgehead atoms. The normalized spacial score (nSPS) is 13.6. The minimum Gasteiger partial charge on any atom is -0.295 e. The number of carbonyl (C=O) groups is 1. The van der Waals surface area contributed by atoms with Gasteiger partial charge in [-0.25, -0.2) is 0 Å². The summed E-state index contributed by atoms with van der Waals surface area (Å²) in [4.78, 5) is 11.5. The standard InChI is InChI=1S/C13H24O/c1-10(2)7-12(14)8-11(3)9-13(4,5)6/h7,11H,8-9H2,1-6H3. The third-order valence-electron chi connectivity index (χ3n) is 1.96. The van der Waals surface area contributed by atoms with E-state index in [2.05, 4.69) is 27.7 Å². The molecule has 1 unspecified atom stereocenters. The van der Waals surface area contributed by atoms with Crippen LogP contribution in [-0.2, 0) is 4.79 Å². The minimum atomic E-state index is 0.266. The van der Waals surface area contributed by atoms with Gasteiger partial charge < -0.3 is 0 Å². The SMILES string of the molecule is CC(C)=CC(=O)CC(C)CC(C)(C)C. The van der Waals surface area contributed by atoms with Crippen LogP contribution in [0.15, 0.2) is 11.6 Å². The van der Waals surface area contributed by atoms with E-state index < -0.39 is 0 Å². The predicted octanol–water partition coefficient (Wildman–Crippen LogP) is 3.98. The van der Waals surface area contributed by atoms with Gasteiger partial charge in [-0.2, -0.15) is 0 Å². The van der Waals surface area contributed by atoms with E-state index in [0.29, 0.717) is 17.8 Å². The summed E-state index contributed by atoms with van der Waals surface area (Å²) in [6.07, 6.45) is 3.54. The zero-order chi connectivity index (χ0) is 11.4. The maximum absolute atomic E-state index is 11.5. The third-order valence-corrected chi connectivity index (χ3v) is 1.96. The van der Waals surface area contributed by atoms with Crippen LogP contribution in [0.2, 0.25) is 0 Å². The van der Waals surface area contributed by atoms with Gasteiger partial charge in [0.2, 0.25) is 0 Å². The van der Waals surface area contributed by atoms with E-state index in [0.717, 1.165) is 12.0 Å². The Morgan fingerprint density at radius 1 is 1.29 bits per heavy atom. The summed E-state index contributed by atoms with van der Waals surface area (Å²) in [7, 11) is 0. The second kappa shape index (κ2) is 5.33. The second-order valence-corrected chi connectivity index (χ2v) is 5.76. The largest absolute Gasteiger partial charge is 0.295 e. The molecule has 0 rings (SSSR count). The van der Waals surface area contributed by atoms with Crippen molar-refractivity contribution >= 4 is 5.78 Å². The Hall–Kier alpha value is -0.590. The molecule has 1 atom stereocenters. The summed E-state index contributed by atoms with van der Waals surface area (Å²) in [6, 6.07) is 0. The molecule has 0 N–H and O–H groups in total. The Bertz CT molecular complexity index is 214. The Morgan fingerprint density at radius 2 is 1.79 bits per heavy atom. The van der Waals surface area contributed by atoms with Crippen molar-refractivity contribution in [1.82, 2.24) is 0 Å². The first-order chi connectivity index (χ1) is 6.20. The Labute approximate surface area is 88.6 Å². The summed E-state index contributed by atoms with van der Waals surface area (Å²) in [6.45, 7) is 12.7. The van der Waals surface area contributed by atoms with E-state index in [9.17, 15) is 4.79 Å². The lowest BCUT2D eigenvalue weighted by Crippen LogP contribution is -2.13. The molecule has 0 amide bonds. The molecule has 1 heteroatoms. The predicted molar refractivity (Wildman–Crippen MR) is 62.3 cm³/mol. The van der Waals surface area contributed by atoms with Gasteiger partial charge in [-0.05, 0) is 37.7 Å². The molecule has 0 aromatic heterocycles. The fourth-order valence-electron chi connectivity index (χ4n) is 1.84. The first kappa shape index (κ1) is 13.4. The summed E-state index contributed by atoms with van der Waals surface area (Å²) in [5, 5.41) is 0. The van der Waals surface area contributed by atoms with Crippen LogP contribution in [0.1, 0.15) is 54.4 Å².